The second-order valence-corrected chi connectivity index (χ2v) is 6.79. The Morgan fingerprint density at radius 1 is 1.35 bits per heavy atom. The first-order valence-corrected chi connectivity index (χ1v) is 8.46. The Labute approximate surface area is 138 Å². The molecule has 1 aromatic rings. The maximum absolute atomic E-state index is 13.0. The van der Waals surface area contributed by atoms with Gasteiger partial charge in [-0.05, 0) is 39.1 Å². The first-order chi connectivity index (χ1) is 11.1. The molecule has 3 rings (SSSR count). The highest BCUT2D eigenvalue weighted by molar-refractivity contribution is 5.98. The number of carbonyl (C=O) groups excluding carboxylic acids is 1. The fourth-order valence-corrected chi connectivity index (χ4v) is 3.56. The van der Waals surface area contributed by atoms with Crippen LogP contribution in [-0.4, -0.2) is 74.7 Å². The number of amides is 1. The van der Waals surface area contributed by atoms with E-state index in [1.165, 1.54) is 5.56 Å². The second-order valence-electron chi connectivity index (χ2n) is 6.79. The Bertz CT molecular complexity index is 561. The summed E-state index contributed by atoms with van der Waals surface area (Å²) >= 11 is 0. The summed E-state index contributed by atoms with van der Waals surface area (Å²) in [6.07, 6.45) is 1.14. The van der Waals surface area contributed by atoms with Crippen molar-refractivity contribution in [3.63, 3.8) is 0 Å². The van der Waals surface area contributed by atoms with Crippen LogP contribution in [0.4, 0.5) is 5.69 Å². The van der Waals surface area contributed by atoms with E-state index in [0.29, 0.717) is 6.61 Å². The number of likely N-dealkylation sites (N-methyl/N-ethyl adjacent to an activating group) is 1. The number of anilines is 1. The summed E-state index contributed by atoms with van der Waals surface area (Å²) in [5, 5.41) is 0. The van der Waals surface area contributed by atoms with Gasteiger partial charge in [0.25, 0.3) is 0 Å². The third kappa shape index (κ3) is 3.57. The van der Waals surface area contributed by atoms with Crippen molar-refractivity contribution in [2.45, 2.75) is 25.5 Å². The molecule has 0 radical (unpaired) electrons. The third-order valence-electron chi connectivity index (χ3n) is 4.80. The van der Waals surface area contributed by atoms with Crippen LogP contribution < -0.4 is 4.90 Å². The van der Waals surface area contributed by atoms with Gasteiger partial charge in [-0.1, -0.05) is 18.2 Å². The minimum Gasteiger partial charge on any atom is -0.374 e. The number of para-hydroxylation sites is 1. The molecule has 1 aromatic carbocycles. The van der Waals surface area contributed by atoms with Gasteiger partial charge in [-0.15, -0.1) is 0 Å². The molecule has 1 fully saturated rings. The van der Waals surface area contributed by atoms with Crippen LogP contribution >= 0.6 is 0 Å². The van der Waals surface area contributed by atoms with Crippen molar-refractivity contribution in [3.8, 4) is 0 Å². The number of morpholine rings is 1. The Hall–Kier alpha value is -1.43. The molecule has 5 nitrogen and oxygen atoms in total. The summed E-state index contributed by atoms with van der Waals surface area (Å²) in [6, 6.07) is 8.13. The molecule has 0 saturated carbocycles. The zero-order valence-corrected chi connectivity index (χ0v) is 14.4. The number of hydrogen-bond acceptors (Lipinski definition) is 4. The Kier molecular flexibility index (Phi) is 4.99. The fourth-order valence-electron chi connectivity index (χ4n) is 3.56. The molecular formula is C18H27N3O2. The van der Waals surface area contributed by atoms with E-state index in [9.17, 15) is 4.79 Å². The zero-order chi connectivity index (χ0) is 16.4. The van der Waals surface area contributed by atoms with Gasteiger partial charge in [0, 0.05) is 31.9 Å². The number of fused-ring (bicyclic) bond motifs is 1. The summed E-state index contributed by atoms with van der Waals surface area (Å²) in [4.78, 5) is 19.3. The van der Waals surface area contributed by atoms with Crippen molar-refractivity contribution in [1.82, 2.24) is 9.80 Å². The normalized spacial score (nSPS) is 23.1. The van der Waals surface area contributed by atoms with Gasteiger partial charge in [-0.3, -0.25) is 9.69 Å². The Morgan fingerprint density at radius 3 is 2.91 bits per heavy atom. The van der Waals surface area contributed by atoms with E-state index in [2.05, 4.69) is 36.0 Å². The molecule has 2 heterocycles. The number of carbonyl (C=O) groups is 1. The molecule has 0 N–H and O–H groups in total. The molecule has 0 spiro atoms. The van der Waals surface area contributed by atoms with Crippen LogP contribution in [0.1, 0.15) is 12.5 Å². The van der Waals surface area contributed by atoms with Crippen molar-refractivity contribution in [2.24, 2.45) is 0 Å². The van der Waals surface area contributed by atoms with Crippen molar-refractivity contribution in [1.29, 1.82) is 0 Å². The van der Waals surface area contributed by atoms with E-state index in [-0.39, 0.29) is 18.1 Å². The van der Waals surface area contributed by atoms with Crippen LogP contribution in [0.2, 0.25) is 0 Å². The number of rotatable bonds is 4. The lowest BCUT2D eigenvalue weighted by atomic mass is 10.1. The fraction of sp³-hybridized carbons (Fsp3) is 0.611. The number of nitrogens with zero attached hydrogens (tertiary/aromatic N) is 3. The summed E-state index contributed by atoms with van der Waals surface area (Å²) in [6.45, 7) is 6.07. The van der Waals surface area contributed by atoms with E-state index in [1.807, 2.05) is 24.0 Å². The second kappa shape index (κ2) is 6.99. The van der Waals surface area contributed by atoms with Crippen molar-refractivity contribution in [2.75, 3.05) is 51.8 Å². The van der Waals surface area contributed by atoms with Crippen molar-refractivity contribution >= 4 is 11.6 Å². The highest BCUT2D eigenvalue weighted by Gasteiger charge is 2.33. The van der Waals surface area contributed by atoms with Crippen molar-refractivity contribution in [3.05, 3.63) is 29.8 Å². The maximum Gasteiger partial charge on any atom is 0.244 e. The first kappa shape index (κ1) is 16.4. The van der Waals surface area contributed by atoms with E-state index >= 15 is 0 Å². The Balaban J connectivity index is 1.66. The largest absolute Gasteiger partial charge is 0.374 e. The molecule has 2 atom stereocenters. The first-order valence-electron chi connectivity index (χ1n) is 8.46. The van der Waals surface area contributed by atoms with Crippen LogP contribution in [0, 0.1) is 0 Å². The smallest absolute Gasteiger partial charge is 0.244 e. The van der Waals surface area contributed by atoms with E-state index in [0.717, 1.165) is 38.3 Å². The van der Waals surface area contributed by atoms with Gasteiger partial charge in [-0.25, -0.2) is 0 Å². The number of hydrogen-bond donors (Lipinski definition) is 0. The van der Waals surface area contributed by atoms with Gasteiger partial charge in [0.1, 0.15) is 0 Å². The molecule has 2 aliphatic rings. The van der Waals surface area contributed by atoms with E-state index in [4.69, 9.17) is 4.74 Å². The van der Waals surface area contributed by atoms with Crippen LogP contribution in [-0.2, 0) is 16.0 Å². The number of ether oxygens (including phenoxy) is 1. The van der Waals surface area contributed by atoms with E-state index in [1.54, 1.807) is 0 Å². The lowest BCUT2D eigenvalue weighted by molar-refractivity contribution is -0.126. The highest BCUT2D eigenvalue weighted by atomic mass is 16.5. The predicted octanol–water partition coefficient (Wildman–Crippen LogP) is 1.23. The van der Waals surface area contributed by atoms with Crippen LogP contribution in [0.5, 0.6) is 0 Å². The highest BCUT2D eigenvalue weighted by Crippen LogP contribution is 2.28. The number of benzene rings is 1. The van der Waals surface area contributed by atoms with E-state index < -0.39 is 0 Å². The molecule has 23 heavy (non-hydrogen) atoms. The minimum atomic E-state index is -0.102. The molecule has 0 unspecified atom stereocenters. The average molecular weight is 317 g/mol. The SMILES string of the molecule is C[C@H](C(=O)N1CCc2ccccc21)N1CCO[C@H](CN(C)C)C1. The topological polar surface area (TPSA) is 36.0 Å². The maximum atomic E-state index is 13.0. The summed E-state index contributed by atoms with van der Waals surface area (Å²) < 4.78 is 5.82. The van der Waals surface area contributed by atoms with Crippen molar-refractivity contribution < 1.29 is 9.53 Å². The molecule has 2 aliphatic heterocycles. The molecule has 0 aromatic heterocycles. The van der Waals surface area contributed by atoms with Gasteiger partial charge in [-0.2, -0.15) is 0 Å². The van der Waals surface area contributed by atoms with Gasteiger partial charge >= 0.3 is 0 Å². The minimum absolute atomic E-state index is 0.102. The lowest BCUT2D eigenvalue weighted by Crippen LogP contribution is -2.54. The third-order valence-corrected chi connectivity index (χ3v) is 4.80. The molecule has 126 valence electrons. The lowest BCUT2D eigenvalue weighted by Gasteiger charge is -2.38. The van der Waals surface area contributed by atoms with Crippen LogP contribution in [0.25, 0.3) is 0 Å². The van der Waals surface area contributed by atoms with Gasteiger partial charge in [0.2, 0.25) is 5.91 Å². The standard InChI is InChI=1S/C18H27N3O2/c1-14(20-10-11-23-16(13-20)12-19(2)3)18(22)21-9-8-15-6-4-5-7-17(15)21/h4-7,14,16H,8-13H2,1-3H3/t14-,16-/m1/s1. The molecule has 1 saturated heterocycles. The average Bonchev–Trinajstić information content (AvgIpc) is 2.97. The molecule has 1 amide bonds. The summed E-state index contributed by atoms with van der Waals surface area (Å²) in [5.74, 6) is 0.209. The molecule has 0 aliphatic carbocycles. The van der Waals surface area contributed by atoms with Gasteiger partial charge in [0.05, 0.1) is 18.8 Å². The van der Waals surface area contributed by atoms with Crippen LogP contribution in [0.3, 0.4) is 0 Å². The van der Waals surface area contributed by atoms with Gasteiger partial charge < -0.3 is 14.5 Å². The molecule has 5 heteroatoms. The molecule has 0 bridgehead atoms. The summed E-state index contributed by atoms with van der Waals surface area (Å²) in [7, 11) is 4.11. The molecular weight excluding hydrogens is 290 g/mol. The quantitative estimate of drug-likeness (QED) is 0.837. The monoisotopic (exact) mass is 317 g/mol. The Morgan fingerprint density at radius 2 is 2.13 bits per heavy atom. The van der Waals surface area contributed by atoms with Gasteiger partial charge in [0.15, 0.2) is 0 Å². The zero-order valence-electron chi connectivity index (χ0n) is 14.4. The summed E-state index contributed by atoms with van der Waals surface area (Å²) in [5.41, 5.74) is 2.36. The predicted molar refractivity (Wildman–Crippen MR) is 91.8 cm³/mol. The van der Waals surface area contributed by atoms with Crippen LogP contribution in [0.15, 0.2) is 24.3 Å².